The van der Waals surface area contributed by atoms with E-state index in [9.17, 15) is 9.59 Å². The predicted molar refractivity (Wildman–Crippen MR) is 71.4 cm³/mol. The van der Waals surface area contributed by atoms with Crippen LogP contribution in [0.15, 0.2) is 0 Å². The zero-order valence-corrected chi connectivity index (χ0v) is 11.5. The van der Waals surface area contributed by atoms with Crippen LogP contribution in [0, 0.1) is 5.92 Å². The van der Waals surface area contributed by atoms with E-state index in [0.717, 1.165) is 38.6 Å². The number of carbonyl (C=O) groups excluding carboxylic acids is 2. The lowest BCUT2D eigenvalue weighted by Gasteiger charge is -2.32. The number of hydrogen-bond donors (Lipinski definition) is 1. The first-order valence-corrected chi connectivity index (χ1v) is 7.37. The molecule has 5 nitrogen and oxygen atoms in total. The molecule has 2 aliphatic rings. The van der Waals surface area contributed by atoms with Crippen molar-refractivity contribution >= 4 is 11.8 Å². The van der Waals surface area contributed by atoms with Crippen LogP contribution < -0.4 is 0 Å². The molecular weight excluding hydrogens is 244 g/mol. The quantitative estimate of drug-likeness (QED) is 0.816. The fraction of sp³-hybridized carbons (Fsp3) is 0.857. The summed E-state index contributed by atoms with van der Waals surface area (Å²) in [6.07, 6.45) is 5.36. The van der Waals surface area contributed by atoms with E-state index in [1.54, 1.807) is 4.90 Å². The first-order valence-electron chi connectivity index (χ1n) is 7.37. The molecule has 0 radical (unpaired) electrons. The predicted octanol–water partition coefficient (Wildman–Crippen LogP) is 0.620. The fourth-order valence-corrected chi connectivity index (χ4v) is 2.83. The van der Waals surface area contributed by atoms with Gasteiger partial charge in [0.05, 0.1) is 6.54 Å². The molecule has 2 fully saturated rings. The van der Waals surface area contributed by atoms with Crippen LogP contribution in [-0.2, 0) is 9.59 Å². The highest BCUT2D eigenvalue weighted by Crippen LogP contribution is 2.17. The lowest BCUT2D eigenvalue weighted by Crippen LogP contribution is -2.46. The van der Waals surface area contributed by atoms with E-state index in [1.807, 2.05) is 4.90 Å². The normalized spacial score (nSPS) is 22.5. The Labute approximate surface area is 114 Å². The Morgan fingerprint density at radius 2 is 1.89 bits per heavy atom. The minimum Gasteiger partial charge on any atom is -0.396 e. The molecule has 1 N–H and O–H groups in total. The highest BCUT2D eigenvalue weighted by atomic mass is 16.3. The standard InChI is InChI=1S/C14H24N2O3/c17-11-12-5-8-15(9-6-12)14(19)10-16-7-3-1-2-4-13(16)18/h12,17H,1-11H2. The van der Waals surface area contributed by atoms with E-state index in [0.29, 0.717) is 25.4 Å². The lowest BCUT2D eigenvalue weighted by atomic mass is 9.98. The number of nitrogens with zero attached hydrogens (tertiary/aromatic N) is 2. The first kappa shape index (κ1) is 14.3. The molecule has 5 heteroatoms. The van der Waals surface area contributed by atoms with E-state index < -0.39 is 0 Å². The van der Waals surface area contributed by atoms with Gasteiger partial charge in [0.15, 0.2) is 0 Å². The third kappa shape index (κ3) is 3.93. The van der Waals surface area contributed by atoms with Crippen LogP contribution in [0.3, 0.4) is 0 Å². The molecule has 0 aromatic heterocycles. The van der Waals surface area contributed by atoms with Crippen LogP contribution in [0.1, 0.15) is 38.5 Å². The van der Waals surface area contributed by atoms with Gasteiger partial charge >= 0.3 is 0 Å². The van der Waals surface area contributed by atoms with Gasteiger partial charge in [-0.25, -0.2) is 0 Å². The van der Waals surface area contributed by atoms with Gasteiger partial charge in [-0.15, -0.1) is 0 Å². The summed E-state index contributed by atoms with van der Waals surface area (Å²) in [7, 11) is 0. The Morgan fingerprint density at radius 1 is 1.16 bits per heavy atom. The second-order valence-corrected chi connectivity index (χ2v) is 5.63. The maximum atomic E-state index is 12.2. The summed E-state index contributed by atoms with van der Waals surface area (Å²) in [6.45, 7) is 2.60. The maximum absolute atomic E-state index is 12.2. The van der Waals surface area contributed by atoms with Crippen LogP contribution >= 0.6 is 0 Å². The van der Waals surface area contributed by atoms with Gasteiger partial charge in [0.2, 0.25) is 11.8 Å². The Kier molecular flexibility index (Phi) is 5.19. The Balaban J connectivity index is 1.81. The average molecular weight is 268 g/mol. The smallest absolute Gasteiger partial charge is 0.242 e. The third-order valence-corrected chi connectivity index (χ3v) is 4.22. The van der Waals surface area contributed by atoms with Crippen molar-refractivity contribution in [1.29, 1.82) is 0 Å². The number of aliphatic hydroxyl groups excluding tert-OH is 1. The minimum absolute atomic E-state index is 0.0617. The number of likely N-dealkylation sites (tertiary alicyclic amines) is 2. The van der Waals surface area contributed by atoms with Crippen molar-refractivity contribution < 1.29 is 14.7 Å². The second-order valence-electron chi connectivity index (χ2n) is 5.63. The van der Waals surface area contributed by atoms with Crippen LogP contribution in [-0.4, -0.2) is 59.5 Å². The molecule has 0 saturated carbocycles. The van der Waals surface area contributed by atoms with Crippen molar-refractivity contribution in [3.05, 3.63) is 0 Å². The van der Waals surface area contributed by atoms with Crippen LogP contribution in [0.25, 0.3) is 0 Å². The van der Waals surface area contributed by atoms with Gasteiger partial charge in [-0.05, 0) is 31.6 Å². The molecule has 0 unspecified atom stereocenters. The summed E-state index contributed by atoms with van der Waals surface area (Å²) in [4.78, 5) is 27.6. The molecule has 2 rings (SSSR count). The summed E-state index contributed by atoms with van der Waals surface area (Å²) in [5.74, 6) is 0.520. The zero-order valence-electron chi connectivity index (χ0n) is 11.5. The summed E-state index contributed by atoms with van der Waals surface area (Å²) in [5, 5.41) is 9.09. The van der Waals surface area contributed by atoms with Crippen molar-refractivity contribution in [3.63, 3.8) is 0 Å². The molecule has 0 aromatic carbocycles. The van der Waals surface area contributed by atoms with Crippen molar-refractivity contribution in [2.75, 3.05) is 32.8 Å². The molecule has 2 aliphatic heterocycles. The number of amides is 2. The Morgan fingerprint density at radius 3 is 2.58 bits per heavy atom. The van der Waals surface area contributed by atoms with Gasteiger partial charge in [-0.3, -0.25) is 9.59 Å². The topological polar surface area (TPSA) is 60.9 Å². The van der Waals surface area contributed by atoms with Gasteiger partial charge in [-0.2, -0.15) is 0 Å². The molecule has 0 aromatic rings. The van der Waals surface area contributed by atoms with Crippen LogP contribution in [0.5, 0.6) is 0 Å². The van der Waals surface area contributed by atoms with E-state index in [4.69, 9.17) is 5.11 Å². The highest BCUT2D eigenvalue weighted by Gasteiger charge is 2.25. The molecule has 0 atom stereocenters. The minimum atomic E-state index is 0.0617. The lowest BCUT2D eigenvalue weighted by molar-refractivity contribution is -0.141. The summed E-state index contributed by atoms with van der Waals surface area (Å²) < 4.78 is 0. The maximum Gasteiger partial charge on any atom is 0.242 e. The molecule has 108 valence electrons. The van der Waals surface area contributed by atoms with Crippen molar-refractivity contribution in [2.45, 2.75) is 38.5 Å². The first-order chi connectivity index (χ1) is 9.20. The van der Waals surface area contributed by atoms with E-state index in [2.05, 4.69) is 0 Å². The molecular formula is C14H24N2O3. The summed E-state index contributed by atoms with van der Waals surface area (Å²) in [6, 6.07) is 0. The van der Waals surface area contributed by atoms with Gasteiger partial charge in [0.25, 0.3) is 0 Å². The Hall–Kier alpha value is -1.10. The number of aliphatic hydroxyl groups is 1. The summed E-state index contributed by atoms with van der Waals surface area (Å²) in [5.41, 5.74) is 0. The summed E-state index contributed by atoms with van der Waals surface area (Å²) >= 11 is 0. The Bertz CT molecular complexity index is 325. The van der Waals surface area contributed by atoms with Gasteiger partial charge in [0, 0.05) is 32.7 Å². The van der Waals surface area contributed by atoms with Crippen molar-refractivity contribution in [2.24, 2.45) is 5.92 Å². The SMILES string of the molecule is O=C(CN1CCCCCC1=O)N1CCC(CO)CC1. The van der Waals surface area contributed by atoms with E-state index in [-0.39, 0.29) is 25.0 Å². The number of hydrogen-bond acceptors (Lipinski definition) is 3. The molecule has 2 amide bonds. The van der Waals surface area contributed by atoms with Crippen LogP contribution in [0.2, 0.25) is 0 Å². The number of carbonyl (C=O) groups is 2. The zero-order chi connectivity index (χ0) is 13.7. The third-order valence-electron chi connectivity index (χ3n) is 4.22. The van der Waals surface area contributed by atoms with Gasteiger partial charge in [-0.1, -0.05) is 6.42 Å². The molecule has 2 heterocycles. The van der Waals surface area contributed by atoms with Gasteiger partial charge in [0.1, 0.15) is 0 Å². The molecule has 0 aliphatic carbocycles. The second kappa shape index (κ2) is 6.89. The number of piperidine rings is 1. The monoisotopic (exact) mass is 268 g/mol. The molecule has 19 heavy (non-hydrogen) atoms. The molecule has 0 bridgehead atoms. The fourth-order valence-electron chi connectivity index (χ4n) is 2.83. The van der Waals surface area contributed by atoms with Crippen molar-refractivity contribution in [3.8, 4) is 0 Å². The van der Waals surface area contributed by atoms with Crippen LogP contribution in [0.4, 0.5) is 0 Å². The van der Waals surface area contributed by atoms with Crippen molar-refractivity contribution in [1.82, 2.24) is 9.80 Å². The van der Waals surface area contributed by atoms with E-state index in [1.165, 1.54) is 0 Å². The largest absolute Gasteiger partial charge is 0.396 e. The highest BCUT2D eigenvalue weighted by molar-refractivity contribution is 5.85. The number of rotatable bonds is 3. The average Bonchev–Trinajstić information content (AvgIpc) is 2.64. The van der Waals surface area contributed by atoms with E-state index >= 15 is 0 Å². The van der Waals surface area contributed by atoms with Gasteiger partial charge < -0.3 is 14.9 Å². The molecule has 0 spiro atoms. The molecule has 2 saturated heterocycles.